The fraction of sp³-hybridized carbons (Fsp3) is 0.579. The lowest BCUT2D eigenvalue weighted by Crippen LogP contribution is -2.45. The molecule has 3 heterocycles. The highest BCUT2D eigenvalue weighted by molar-refractivity contribution is 14.0. The lowest BCUT2D eigenvalue weighted by atomic mass is 10.0. The zero-order chi connectivity index (χ0) is 18.4. The predicted octanol–water partition coefficient (Wildman–Crippen LogP) is 3.64. The van der Waals surface area contributed by atoms with E-state index in [9.17, 15) is 0 Å². The van der Waals surface area contributed by atoms with Crippen LogP contribution < -0.4 is 10.6 Å². The molecule has 150 valence electrons. The third kappa shape index (κ3) is 6.32. The number of pyridine rings is 1. The van der Waals surface area contributed by atoms with E-state index in [4.69, 9.17) is 0 Å². The zero-order valence-corrected chi connectivity index (χ0v) is 20.0. The second-order valence-corrected chi connectivity index (χ2v) is 7.71. The Kier molecular flexibility index (Phi) is 9.31. The summed E-state index contributed by atoms with van der Waals surface area (Å²) in [6.45, 7) is 6.16. The van der Waals surface area contributed by atoms with Crippen LogP contribution in [0.15, 0.2) is 34.0 Å². The molecule has 0 spiro atoms. The molecule has 1 aliphatic rings. The van der Waals surface area contributed by atoms with Gasteiger partial charge in [-0.25, -0.2) is 4.98 Å². The van der Waals surface area contributed by atoms with Gasteiger partial charge >= 0.3 is 0 Å². The minimum Gasteiger partial charge on any atom is -0.355 e. The number of piperidine rings is 1. The van der Waals surface area contributed by atoms with Crippen LogP contribution in [-0.4, -0.2) is 53.0 Å². The van der Waals surface area contributed by atoms with E-state index >= 15 is 0 Å². The van der Waals surface area contributed by atoms with Crippen molar-refractivity contribution in [3.63, 3.8) is 0 Å². The summed E-state index contributed by atoms with van der Waals surface area (Å²) in [5.74, 6) is 0.827. The summed E-state index contributed by atoms with van der Waals surface area (Å²) in [5.41, 5.74) is 1.94. The van der Waals surface area contributed by atoms with Crippen molar-refractivity contribution >= 4 is 51.5 Å². The van der Waals surface area contributed by atoms with E-state index in [-0.39, 0.29) is 24.0 Å². The van der Waals surface area contributed by atoms with Crippen molar-refractivity contribution in [3.8, 4) is 0 Å². The Balaban J connectivity index is 0.00000261. The molecule has 1 unspecified atom stereocenters. The van der Waals surface area contributed by atoms with Gasteiger partial charge in [0, 0.05) is 43.0 Å². The van der Waals surface area contributed by atoms with Gasteiger partial charge in [0.05, 0.1) is 12.2 Å². The monoisotopic (exact) mass is 548 g/mol. The van der Waals surface area contributed by atoms with Gasteiger partial charge in [-0.15, -0.1) is 24.0 Å². The topological polar surface area (TPSA) is 57.0 Å². The molecule has 0 saturated carbocycles. The van der Waals surface area contributed by atoms with Gasteiger partial charge in [0.1, 0.15) is 5.65 Å². The quantitative estimate of drug-likeness (QED) is 0.329. The van der Waals surface area contributed by atoms with Gasteiger partial charge in [0.2, 0.25) is 0 Å². The molecule has 0 aromatic carbocycles. The molecule has 2 aromatic heterocycles. The SMILES string of the molecule is CCC1CCCCN1CCNC(=NC)NCc1cn2cc(Br)ccc2n1.I. The second kappa shape index (κ2) is 11.2. The first-order valence-electron chi connectivity index (χ1n) is 9.51. The van der Waals surface area contributed by atoms with E-state index in [0.29, 0.717) is 6.54 Å². The van der Waals surface area contributed by atoms with Crippen molar-refractivity contribution in [2.45, 2.75) is 45.2 Å². The summed E-state index contributed by atoms with van der Waals surface area (Å²) < 4.78 is 3.07. The normalized spacial score (nSPS) is 18.3. The predicted molar refractivity (Wildman–Crippen MR) is 126 cm³/mol. The van der Waals surface area contributed by atoms with E-state index in [0.717, 1.165) is 40.9 Å². The van der Waals surface area contributed by atoms with Gasteiger partial charge in [0.25, 0.3) is 0 Å². The number of guanidine groups is 1. The van der Waals surface area contributed by atoms with Crippen molar-refractivity contribution in [2.75, 3.05) is 26.7 Å². The molecule has 0 amide bonds. The van der Waals surface area contributed by atoms with Crippen LogP contribution in [0.2, 0.25) is 0 Å². The number of rotatable bonds is 6. The molecule has 6 nitrogen and oxygen atoms in total. The highest BCUT2D eigenvalue weighted by Gasteiger charge is 2.19. The third-order valence-electron chi connectivity index (χ3n) is 5.04. The fourth-order valence-corrected chi connectivity index (χ4v) is 3.98. The van der Waals surface area contributed by atoms with Crippen LogP contribution in [0.25, 0.3) is 5.65 Å². The maximum absolute atomic E-state index is 4.62. The minimum atomic E-state index is 0. The van der Waals surface area contributed by atoms with Crippen LogP contribution in [0.4, 0.5) is 0 Å². The van der Waals surface area contributed by atoms with E-state index in [1.54, 1.807) is 0 Å². The van der Waals surface area contributed by atoms with E-state index in [2.05, 4.69) is 48.4 Å². The van der Waals surface area contributed by atoms with Gasteiger partial charge in [-0.1, -0.05) is 13.3 Å². The Bertz CT molecular complexity index is 747. The number of fused-ring (bicyclic) bond motifs is 1. The Morgan fingerprint density at radius 1 is 1.30 bits per heavy atom. The average molecular weight is 549 g/mol. The molecule has 8 heteroatoms. The number of nitrogens with zero attached hydrogens (tertiary/aromatic N) is 4. The largest absolute Gasteiger partial charge is 0.355 e. The second-order valence-electron chi connectivity index (χ2n) is 6.79. The number of hydrogen-bond acceptors (Lipinski definition) is 3. The number of imidazole rings is 1. The molecule has 1 saturated heterocycles. The first-order chi connectivity index (χ1) is 12.7. The van der Waals surface area contributed by atoms with Gasteiger partial charge in [0.15, 0.2) is 5.96 Å². The van der Waals surface area contributed by atoms with Crippen molar-refractivity contribution < 1.29 is 0 Å². The third-order valence-corrected chi connectivity index (χ3v) is 5.51. The molecule has 1 aliphatic heterocycles. The average Bonchev–Trinajstić information content (AvgIpc) is 3.06. The standard InChI is InChI=1S/C19H29BrN6.HI/c1-3-17-6-4-5-10-25(17)11-9-22-19(21-2)23-12-16-14-26-13-15(20)7-8-18(26)24-16;/h7-8,13-14,17H,3-6,9-12H2,1-2H3,(H2,21,22,23);1H. The van der Waals surface area contributed by atoms with Crippen molar-refractivity contribution in [3.05, 3.63) is 34.7 Å². The molecule has 27 heavy (non-hydrogen) atoms. The zero-order valence-electron chi connectivity index (χ0n) is 16.1. The summed E-state index contributed by atoms with van der Waals surface area (Å²) in [4.78, 5) is 11.6. The maximum atomic E-state index is 4.62. The maximum Gasteiger partial charge on any atom is 0.191 e. The Labute approximate surface area is 187 Å². The first-order valence-corrected chi connectivity index (χ1v) is 10.3. The van der Waals surface area contributed by atoms with Crippen LogP contribution in [-0.2, 0) is 6.54 Å². The molecule has 2 aromatic rings. The highest BCUT2D eigenvalue weighted by atomic mass is 127. The number of aliphatic imine (C=N–C) groups is 1. The van der Waals surface area contributed by atoms with Crippen LogP contribution in [0.5, 0.6) is 0 Å². The first kappa shape index (κ1) is 22.4. The molecular formula is C19H30BrIN6. The Hall–Kier alpha value is -0.870. The lowest BCUT2D eigenvalue weighted by Gasteiger charge is -2.35. The Morgan fingerprint density at radius 2 is 2.15 bits per heavy atom. The molecule has 1 fully saturated rings. The van der Waals surface area contributed by atoms with Crippen LogP contribution in [0.3, 0.4) is 0 Å². The number of likely N-dealkylation sites (tertiary alicyclic amines) is 1. The number of nitrogens with one attached hydrogen (secondary N) is 2. The fourth-order valence-electron chi connectivity index (χ4n) is 3.63. The molecule has 0 bridgehead atoms. The van der Waals surface area contributed by atoms with Gasteiger partial charge < -0.3 is 15.0 Å². The van der Waals surface area contributed by atoms with E-state index < -0.39 is 0 Å². The molecular weight excluding hydrogens is 519 g/mol. The summed E-state index contributed by atoms with van der Waals surface area (Å²) in [7, 11) is 1.81. The van der Waals surface area contributed by atoms with E-state index in [1.165, 1.54) is 32.2 Å². The number of halogens is 2. The minimum absolute atomic E-state index is 0. The van der Waals surface area contributed by atoms with Crippen molar-refractivity contribution in [2.24, 2.45) is 4.99 Å². The molecule has 2 N–H and O–H groups in total. The van der Waals surface area contributed by atoms with Crippen LogP contribution in [0.1, 0.15) is 38.3 Å². The smallest absolute Gasteiger partial charge is 0.191 e. The molecule has 0 radical (unpaired) electrons. The summed E-state index contributed by atoms with van der Waals surface area (Å²) in [5, 5.41) is 6.79. The summed E-state index contributed by atoms with van der Waals surface area (Å²) in [6, 6.07) is 4.76. The van der Waals surface area contributed by atoms with Gasteiger partial charge in [-0.3, -0.25) is 9.89 Å². The molecule has 1 atom stereocenters. The van der Waals surface area contributed by atoms with Gasteiger partial charge in [-0.05, 0) is 53.9 Å². The van der Waals surface area contributed by atoms with Crippen molar-refractivity contribution in [1.82, 2.24) is 24.9 Å². The number of hydrogen-bond donors (Lipinski definition) is 2. The summed E-state index contributed by atoms with van der Waals surface area (Å²) >= 11 is 3.49. The molecule has 0 aliphatic carbocycles. The number of aromatic nitrogens is 2. The van der Waals surface area contributed by atoms with Gasteiger partial charge in [-0.2, -0.15) is 0 Å². The summed E-state index contributed by atoms with van der Waals surface area (Å²) in [6.07, 6.45) is 9.35. The molecule has 3 rings (SSSR count). The highest BCUT2D eigenvalue weighted by Crippen LogP contribution is 2.18. The van der Waals surface area contributed by atoms with Crippen LogP contribution >= 0.6 is 39.9 Å². The van der Waals surface area contributed by atoms with Crippen molar-refractivity contribution in [1.29, 1.82) is 0 Å². The van der Waals surface area contributed by atoms with Crippen LogP contribution in [0, 0.1) is 0 Å². The lowest BCUT2D eigenvalue weighted by molar-refractivity contribution is 0.147. The Morgan fingerprint density at radius 3 is 2.93 bits per heavy atom. The van der Waals surface area contributed by atoms with E-state index in [1.807, 2.05) is 36.0 Å².